The van der Waals surface area contributed by atoms with Gasteiger partial charge in [0.1, 0.15) is 5.69 Å². The predicted molar refractivity (Wildman–Crippen MR) is 80.4 cm³/mol. The van der Waals surface area contributed by atoms with Gasteiger partial charge >= 0.3 is 0 Å². The van der Waals surface area contributed by atoms with Crippen molar-refractivity contribution in [2.45, 2.75) is 17.4 Å². The summed E-state index contributed by atoms with van der Waals surface area (Å²) in [5, 5.41) is 12.2. The molecule has 23 heavy (non-hydrogen) atoms. The van der Waals surface area contributed by atoms with E-state index in [1.54, 1.807) is 24.6 Å². The summed E-state index contributed by atoms with van der Waals surface area (Å²) in [7, 11) is 0. The first-order chi connectivity index (χ1) is 11.3. The smallest absolute Gasteiger partial charge is 0.277 e. The molecule has 0 spiro atoms. The highest BCUT2D eigenvalue weighted by Crippen LogP contribution is 2.34. The summed E-state index contributed by atoms with van der Waals surface area (Å²) >= 11 is 1.34. The van der Waals surface area contributed by atoms with Crippen LogP contribution in [-0.2, 0) is 0 Å². The largest absolute Gasteiger partial charge is 0.461 e. The first-order valence-electron chi connectivity index (χ1n) is 6.81. The number of hydrogen-bond acceptors (Lipinski definition) is 8. The minimum atomic E-state index is -0.136. The number of furan rings is 1. The van der Waals surface area contributed by atoms with Crippen molar-refractivity contribution >= 4 is 11.8 Å². The average molecular weight is 329 g/mol. The van der Waals surface area contributed by atoms with Crippen LogP contribution >= 0.6 is 11.8 Å². The molecule has 4 aromatic heterocycles. The fourth-order valence-electron chi connectivity index (χ4n) is 1.94. The molecule has 0 unspecified atom stereocenters. The van der Waals surface area contributed by atoms with Gasteiger partial charge in [0.25, 0.3) is 11.1 Å². The van der Waals surface area contributed by atoms with Crippen molar-refractivity contribution in [2.75, 3.05) is 0 Å². The Bertz CT molecular complexity index is 881. The van der Waals surface area contributed by atoms with Crippen LogP contribution in [0.5, 0.6) is 0 Å². The Labute approximate surface area is 134 Å². The summed E-state index contributed by atoms with van der Waals surface area (Å²) in [4.78, 5) is 7.33. The fourth-order valence-corrected chi connectivity index (χ4v) is 2.65. The monoisotopic (exact) mass is 329 g/mol. The second-order valence-electron chi connectivity index (χ2n) is 4.65. The van der Waals surface area contributed by atoms with Gasteiger partial charge in [-0.2, -0.15) is 4.98 Å². The van der Waals surface area contributed by atoms with Gasteiger partial charge in [0.15, 0.2) is 5.76 Å². The third-order valence-electron chi connectivity index (χ3n) is 3.04. The lowest BCUT2D eigenvalue weighted by molar-refractivity contribution is 0.378. The summed E-state index contributed by atoms with van der Waals surface area (Å²) in [5.74, 6) is 1.87. The van der Waals surface area contributed by atoms with E-state index in [9.17, 15) is 0 Å². The van der Waals surface area contributed by atoms with Crippen LogP contribution < -0.4 is 0 Å². The van der Waals surface area contributed by atoms with Crippen LogP contribution in [0.2, 0.25) is 0 Å². The number of aromatic amines is 1. The van der Waals surface area contributed by atoms with Gasteiger partial charge in [0, 0.05) is 6.20 Å². The van der Waals surface area contributed by atoms with E-state index in [2.05, 4.69) is 25.3 Å². The van der Waals surface area contributed by atoms with Crippen LogP contribution in [0.4, 0.5) is 0 Å². The Morgan fingerprint density at radius 2 is 2.17 bits per heavy atom. The minimum absolute atomic E-state index is 0.136. The molecule has 1 atom stereocenters. The molecule has 4 rings (SSSR count). The molecule has 0 aliphatic carbocycles. The summed E-state index contributed by atoms with van der Waals surface area (Å²) in [6.45, 7) is 1.92. The topological polar surface area (TPSA) is 107 Å². The highest BCUT2D eigenvalue weighted by Gasteiger charge is 2.20. The third-order valence-corrected chi connectivity index (χ3v) is 3.97. The number of rotatable bonds is 5. The van der Waals surface area contributed by atoms with Crippen molar-refractivity contribution in [2.24, 2.45) is 0 Å². The van der Waals surface area contributed by atoms with Gasteiger partial charge in [-0.25, -0.2) is 0 Å². The number of nitrogens with zero attached hydrogens (tertiary/aromatic N) is 4. The Hall–Kier alpha value is -2.81. The van der Waals surface area contributed by atoms with Gasteiger partial charge < -0.3 is 18.3 Å². The lowest BCUT2D eigenvalue weighted by atomic mass is 10.4. The average Bonchev–Trinajstić information content (AvgIpc) is 3.30. The molecule has 0 saturated heterocycles. The SMILES string of the molecule is C[C@@H](Sc1nnc(-c2ccc[nH]2)o1)c1nc(-c2ccco2)no1. The molecule has 116 valence electrons. The van der Waals surface area contributed by atoms with Crippen LogP contribution in [0.3, 0.4) is 0 Å². The second kappa shape index (κ2) is 5.76. The molecule has 9 heteroatoms. The molecule has 0 aliphatic heterocycles. The van der Waals surface area contributed by atoms with Crippen LogP contribution in [0.1, 0.15) is 18.1 Å². The van der Waals surface area contributed by atoms with E-state index in [1.807, 2.05) is 19.1 Å². The zero-order chi connectivity index (χ0) is 15.6. The van der Waals surface area contributed by atoms with Crippen LogP contribution in [-0.4, -0.2) is 25.3 Å². The highest BCUT2D eigenvalue weighted by molar-refractivity contribution is 7.99. The molecule has 0 saturated carbocycles. The molecule has 4 aromatic rings. The number of thioether (sulfide) groups is 1. The van der Waals surface area contributed by atoms with Crippen LogP contribution in [0.25, 0.3) is 23.2 Å². The molecule has 0 bridgehead atoms. The predicted octanol–water partition coefficient (Wildman–Crippen LogP) is 3.56. The number of nitrogens with one attached hydrogen (secondary N) is 1. The molecule has 1 N–H and O–H groups in total. The maximum atomic E-state index is 5.60. The van der Waals surface area contributed by atoms with Gasteiger partial charge in [-0.3, -0.25) is 0 Å². The van der Waals surface area contributed by atoms with Crippen molar-refractivity contribution in [3.8, 4) is 23.2 Å². The van der Waals surface area contributed by atoms with E-state index in [0.29, 0.717) is 28.6 Å². The van der Waals surface area contributed by atoms with Gasteiger partial charge in [-0.15, -0.1) is 10.2 Å². The first-order valence-corrected chi connectivity index (χ1v) is 7.69. The molecular formula is C14H11N5O3S. The van der Waals surface area contributed by atoms with E-state index in [1.165, 1.54) is 11.8 Å². The van der Waals surface area contributed by atoms with Crippen molar-refractivity contribution in [1.82, 2.24) is 25.3 Å². The molecule has 8 nitrogen and oxygen atoms in total. The standard InChI is InChI=1S/C14H11N5O3S/c1-8(12-16-11(19-22-12)10-5-3-7-20-10)23-14-18-17-13(21-14)9-4-2-6-15-9/h2-8,15H,1H3/t8-/m1/s1. The van der Waals surface area contributed by atoms with E-state index in [0.717, 1.165) is 5.69 Å². The molecule has 0 radical (unpaired) electrons. The Morgan fingerprint density at radius 1 is 1.22 bits per heavy atom. The summed E-state index contributed by atoms with van der Waals surface area (Å²) in [6, 6.07) is 7.26. The zero-order valence-electron chi connectivity index (χ0n) is 12.0. The lowest BCUT2D eigenvalue weighted by Crippen LogP contribution is -1.89. The second-order valence-corrected chi connectivity index (χ2v) is 5.94. The summed E-state index contributed by atoms with van der Waals surface area (Å²) in [6.07, 6.45) is 3.35. The molecule has 4 heterocycles. The van der Waals surface area contributed by atoms with E-state index >= 15 is 0 Å². The van der Waals surface area contributed by atoms with Crippen molar-refractivity contribution in [1.29, 1.82) is 0 Å². The molecule has 0 aromatic carbocycles. The third kappa shape index (κ3) is 2.78. The quantitative estimate of drug-likeness (QED) is 0.554. The van der Waals surface area contributed by atoms with Crippen molar-refractivity contribution < 1.29 is 13.4 Å². The Morgan fingerprint density at radius 3 is 2.96 bits per heavy atom. The maximum absolute atomic E-state index is 5.60. The Balaban J connectivity index is 1.49. The molecular weight excluding hydrogens is 318 g/mol. The maximum Gasteiger partial charge on any atom is 0.277 e. The zero-order valence-corrected chi connectivity index (χ0v) is 12.8. The minimum Gasteiger partial charge on any atom is -0.461 e. The summed E-state index contributed by atoms with van der Waals surface area (Å²) in [5.41, 5.74) is 0.773. The van der Waals surface area contributed by atoms with E-state index in [-0.39, 0.29) is 5.25 Å². The highest BCUT2D eigenvalue weighted by atomic mass is 32.2. The van der Waals surface area contributed by atoms with Crippen molar-refractivity contribution in [3.05, 3.63) is 42.6 Å². The number of aromatic nitrogens is 5. The fraction of sp³-hybridized carbons (Fsp3) is 0.143. The van der Waals surface area contributed by atoms with Crippen molar-refractivity contribution in [3.63, 3.8) is 0 Å². The van der Waals surface area contributed by atoms with E-state index in [4.69, 9.17) is 13.4 Å². The molecule has 0 fully saturated rings. The van der Waals surface area contributed by atoms with Gasteiger partial charge in [0.2, 0.25) is 11.7 Å². The first kappa shape index (κ1) is 13.8. The summed E-state index contributed by atoms with van der Waals surface area (Å²) < 4.78 is 16.1. The molecule has 0 amide bonds. The number of H-pyrrole nitrogens is 1. The van der Waals surface area contributed by atoms with Gasteiger partial charge in [-0.1, -0.05) is 16.9 Å². The van der Waals surface area contributed by atoms with Gasteiger partial charge in [0.05, 0.1) is 11.5 Å². The van der Waals surface area contributed by atoms with Gasteiger partial charge in [-0.05, 0) is 31.2 Å². The van der Waals surface area contributed by atoms with Crippen LogP contribution in [0.15, 0.2) is 55.3 Å². The Kier molecular flexibility index (Phi) is 3.46. The molecule has 0 aliphatic rings. The van der Waals surface area contributed by atoms with E-state index < -0.39 is 0 Å². The number of hydrogen-bond donors (Lipinski definition) is 1. The normalized spacial score (nSPS) is 12.6. The lowest BCUT2D eigenvalue weighted by Gasteiger charge is -2.00. The van der Waals surface area contributed by atoms with Crippen LogP contribution in [0, 0.1) is 0 Å².